The van der Waals surface area contributed by atoms with E-state index in [0.717, 1.165) is 42.2 Å². The lowest BCUT2D eigenvalue weighted by atomic mass is 10.1. The Hall–Kier alpha value is -3.42. The molecule has 1 saturated carbocycles. The van der Waals surface area contributed by atoms with Gasteiger partial charge in [0.15, 0.2) is 5.82 Å². The molecule has 5 heterocycles. The van der Waals surface area contributed by atoms with Gasteiger partial charge >= 0.3 is 0 Å². The fourth-order valence-corrected chi connectivity index (χ4v) is 4.12. The molecule has 0 radical (unpaired) electrons. The number of anilines is 3. The fourth-order valence-electron chi connectivity index (χ4n) is 4.12. The maximum absolute atomic E-state index is 4.90. The molecule has 146 valence electrons. The molecule has 0 spiro atoms. The highest BCUT2D eigenvalue weighted by molar-refractivity contribution is 5.73. The highest BCUT2D eigenvalue weighted by atomic mass is 15.4. The molecule has 0 amide bonds. The number of pyridine rings is 1. The predicted molar refractivity (Wildman–Crippen MR) is 110 cm³/mol. The van der Waals surface area contributed by atoms with Crippen molar-refractivity contribution >= 4 is 23.1 Å². The normalized spacial score (nSPS) is 19.2. The summed E-state index contributed by atoms with van der Waals surface area (Å²) < 4.78 is 4.06. The third-order valence-electron chi connectivity index (χ3n) is 5.74. The van der Waals surface area contributed by atoms with Crippen molar-refractivity contribution < 1.29 is 0 Å². The van der Waals surface area contributed by atoms with Crippen molar-refractivity contribution in [3.63, 3.8) is 0 Å². The lowest BCUT2D eigenvalue weighted by Crippen LogP contribution is -2.26. The van der Waals surface area contributed by atoms with E-state index in [1.165, 1.54) is 12.8 Å². The van der Waals surface area contributed by atoms with Crippen LogP contribution in [0, 0.1) is 0 Å². The molecule has 6 rings (SSSR count). The Balaban J connectivity index is 1.36. The number of imidazole rings is 1. The number of nitrogens with one attached hydrogen (secondary N) is 1. The summed E-state index contributed by atoms with van der Waals surface area (Å²) in [6.45, 7) is 0.920. The first-order valence-corrected chi connectivity index (χ1v) is 10.2. The Bertz CT molecular complexity index is 1140. The minimum atomic E-state index is 0.200. The molecule has 4 aromatic rings. The Morgan fingerprint density at radius 3 is 2.86 bits per heavy atom. The Kier molecular flexibility index (Phi) is 3.75. The van der Waals surface area contributed by atoms with Crippen LogP contribution in [0.2, 0.25) is 0 Å². The van der Waals surface area contributed by atoms with E-state index in [0.29, 0.717) is 12.0 Å². The minimum absolute atomic E-state index is 0.200. The van der Waals surface area contributed by atoms with E-state index in [-0.39, 0.29) is 6.04 Å². The van der Waals surface area contributed by atoms with Gasteiger partial charge in [-0.3, -0.25) is 4.98 Å². The number of nitrogens with zero attached hydrogens (tertiary/aromatic N) is 7. The van der Waals surface area contributed by atoms with Gasteiger partial charge in [0.2, 0.25) is 5.95 Å². The first kappa shape index (κ1) is 16.5. The summed E-state index contributed by atoms with van der Waals surface area (Å²) in [6, 6.07) is 10.9. The van der Waals surface area contributed by atoms with Gasteiger partial charge < -0.3 is 14.8 Å². The third-order valence-corrected chi connectivity index (χ3v) is 5.74. The van der Waals surface area contributed by atoms with Crippen molar-refractivity contribution in [2.75, 3.05) is 16.8 Å². The van der Waals surface area contributed by atoms with Crippen LogP contribution in [0.3, 0.4) is 0 Å². The van der Waals surface area contributed by atoms with Gasteiger partial charge in [-0.2, -0.15) is 4.98 Å². The van der Waals surface area contributed by atoms with E-state index in [9.17, 15) is 0 Å². The van der Waals surface area contributed by atoms with Gasteiger partial charge in [-0.25, -0.2) is 9.50 Å². The smallest absolute Gasteiger partial charge is 0.246 e. The molecule has 2 aliphatic rings. The molecule has 8 nitrogen and oxygen atoms in total. The van der Waals surface area contributed by atoms with E-state index >= 15 is 0 Å². The average molecular weight is 386 g/mol. The predicted octanol–water partition coefficient (Wildman–Crippen LogP) is 3.74. The second-order valence-electron chi connectivity index (χ2n) is 7.77. The lowest BCUT2D eigenvalue weighted by Gasteiger charge is -2.24. The monoisotopic (exact) mass is 386 g/mol. The molecule has 1 aliphatic carbocycles. The maximum atomic E-state index is 4.90. The van der Waals surface area contributed by atoms with Crippen LogP contribution in [0.15, 0.2) is 55.2 Å². The van der Waals surface area contributed by atoms with Crippen LogP contribution in [0.25, 0.3) is 5.52 Å². The molecule has 8 heteroatoms. The molecule has 29 heavy (non-hydrogen) atoms. The Morgan fingerprint density at radius 2 is 2.00 bits per heavy atom. The molecular weight excluding hydrogens is 364 g/mol. The molecule has 1 saturated heterocycles. The number of rotatable bonds is 5. The first-order valence-electron chi connectivity index (χ1n) is 10.2. The molecule has 2 fully saturated rings. The largest absolute Gasteiger partial charge is 0.332 e. The molecule has 1 N–H and O–H groups in total. The number of hydrogen-bond donors (Lipinski definition) is 1. The zero-order valence-corrected chi connectivity index (χ0v) is 16.0. The van der Waals surface area contributed by atoms with Gasteiger partial charge in [0, 0.05) is 31.2 Å². The number of fused-ring (bicyclic) bond motifs is 1. The van der Waals surface area contributed by atoms with Gasteiger partial charge in [-0.1, -0.05) is 6.07 Å². The molecular formula is C21H22N8. The van der Waals surface area contributed by atoms with Crippen LogP contribution in [0.4, 0.5) is 17.6 Å². The van der Waals surface area contributed by atoms with Crippen molar-refractivity contribution in [1.29, 1.82) is 0 Å². The molecule has 1 atom stereocenters. The van der Waals surface area contributed by atoms with Crippen molar-refractivity contribution in [1.82, 2.24) is 29.1 Å². The van der Waals surface area contributed by atoms with Gasteiger partial charge in [0.25, 0.3) is 0 Å². The van der Waals surface area contributed by atoms with Crippen molar-refractivity contribution in [3.05, 3.63) is 60.9 Å². The summed E-state index contributed by atoms with van der Waals surface area (Å²) in [5, 5.41) is 8.19. The fraction of sp³-hybridized carbons (Fsp3) is 0.333. The van der Waals surface area contributed by atoms with E-state index in [1.54, 1.807) is 0 Å². The summed E-state index contributed by atoms with van der Waals surface area (Å²) >= 11 is 0. The van der Waals surface area contributed by atoms with Gasteiger partial charge in [0.1, 0.15) is 11.3 Å². The van der Waals surface area contributed by atoms with Crippen LogP contribution >= 0.6 is 0 Å². The van der Waals surface area contributed by atoms with Crippen LogP contribution in [-0.4, -0.2) is 35.7 Å². The molecule has 4 aromatic heterocycles. The first-order chi connectivity index (χ1) is 14.3. The average Bonchev–Trinajstić information content (AvgIpc) is 3.14. The molecule has 0 bridgehead atoms. The zero-order valence-electron chi connectivity index (χ0n) is 16.0. The minimum Gasteiger partial charge on any atom is -0.332 e. The van der Waals surface area contributed by atoms with E-state index in [2.05, 4.69) is 37.0 Å². The SMILES string of the molecule is c1ccc(C2CCCN2c2nc(Nc3cn(C4CC4)cn3)c3cccn3n2)nc1. The number of aromatic nitrogens is 6. The standard InChI is InChI=1S/C21H22N8/c1-2-10-22-16(5-1)17-6-3-11-28(17)21-25-20(18-7-4-12-29(18)26-21)24-19-13-27(14-23-19)15-8-9-15/h1-2,4-5,7,10,12-15,17H,3,6,8-9,11H2,(H,24,25,26). The van der Waals surface area contributed by atoms with Gasteiger partial charge in [-0.05, 0) is 49.9 Å². The summed E-state index contributed by atoms with van der Waals surface area (Å²) in [5.41, 5.74) is 2.00. The van der Waals surface area contributed by atoms with Crippen LogP contribution in [0.1, 0.15) is 43.5 Å². The van der Waals surface area contributed by atoms with Crippen molar-refractivity contribution in [2.45, 2.75) is 37.8 Å². The highest BCUT2D eigenvalue weighted by Crippen LogP contribution is 2.36. The van der Waals surface area contributed by atoms with Crippen LogP contribution in [-0.2, 0) is 0 Å². The second kappa shape index (κ2) is 6.58. The zero-order chi connectivity index (χ0) is 19.2. The quantitative estimate of drug-likeness (QED) is 0.563. The summed E-state index contributed by atoms with van der Waals surface area (Å²) in [5.74, 6) is 2.30. The Labute approximate surface area is 168 Å². The van der Waals surface area contributed by atoms with E-state index in [4.69, 9.17) is 10.1 Å². The second-order valence-corrected chi connectivity index (χ2v) is 7.77. The molecule has 0 aromatic carbocycles. The number of hydrogen-bond acceptors (Lipinski definition) is 6. The topological polar surface area (TPSA) is 76.2 Å². The summed E-state index contributed by atoms with van der Waals surface area (Å²) in [7, 11) is 0. The molecule has 1 aliphatic heterocycles. The van der Waals surface area contributed by atoms with Crippen LogP contribution < -0.4 is 10.2 Å². The van der Waals surface area contributed by atoms with Crippen molar-refractivity contribution in [2.24, 2.45) is 0 Å². The summed E-state index contributed by atoms with van der Waals surface area (Å²) in [6.07, 6.45) is 12.4. The van der Waals surface area contributed by atoms with Crippen LogP contribution in [0.5, 0.6) is 0 Å². The van der Waals surface area contributed by atoms with E-state index < -0.39 is 0 Å². The molecule has 1 unspecified atom stereocenters. The highest BCUT2D eigenvalue weighted by Gasteiger charge is 2.30. The third kappa shape index (κ3) is 3.00. The maximum Gasteiger partial charge on any atom is 0.246 e. The Morgan fingerprint density at radius 1 is 1.03 bits per heavy atom. The van der Waals surface area contributed by atoms with Gasteiger partial charge in [0.05, 0.1) is 18.1 Å². The van der Waals surface area contributed by atoms with Crippen molar-refractivity contribution in [3.8, 4) is 0 Å². The van der Waals surface area contributed by atoms with E-state index in [1.807, 2.05) is 47.5 Å². The lowest BCUT2D eigenvalue weighted by molar-refractivity contribution is 0.670. The van der Waals surface area contributed by atoms with Gasteiger partial charge in [-0.15, -0.1) is 5.10 Å². The summed E-state index contributed by atoms with van der Waals surface area (Å²) in [4.78, 5) is 16.2.